The number of esters is 2. The first-order valence-corrected chi connectivity index (χ1v) is 21.2. The summed E-state index contributed by atoms with van der Waals surface area (Å²) in [6.07, 6.45) is 45.6. The second-order valence-corrected chi connectivity index (χ2v) is 14.4. The molecule has 0 amide bonds. The first-order chi connectivity index (χ1) is 23.6. The number of aliphatic hydroxyl groups excluding tert-OH is 1. The molecule has 0 heterocycles. The fourth-order valence-electron chi connectivity index (χ4n) is 6.31. The topological polar surface area (TPSA) is 72.8 Å². The van der Waals surface area contributed by atoms with Gasteiger partial charge < -0.3 is 14.6 Å². The highest BCUT2D eigenvalue weighted by atomic mass is 16.6. The van der Waals surface area contributed by atoms with Gasteiger partial charge in [0.1, 0.15) is 6.61 Å². The number of carbonyl (C=O) groups excluding carboxylic acids is 2. The number of hydrogen-bond acceptors (Lipinski definition) is 5. The molecule has 0 unspecified atom stereocenters. The predicted molar refractivity (Wildman–Crippen MR) is 205 cm³/mol. The summed E-state index contributed by atoms with van der Waals surface area (Å²) in [6.45, 7) is 4.15. The van der Waals surface area contributed by atoms with E-state index in [0.717, 1.165) is 32.1 Å². The number of allylic oxidation sites excluding steroid dienone is 2. The molecule has 0 rings (SSSR count). The molecule has 0 aliphatic rings. The quantitative estimate of drug-likeness (QED) is 0.0398. The van der Waals surface area contributed by atoms with Crippen LogP contribution in [0.5, 0.6) is 0 Å². The molecule has 0 aromatic rings. The van der Waals surface area contributed by atoms with Gasteiger partial charge in [-0.2, -0.15) is 0 Å². The van der Waals surface area contributed by atoms with Crippen molar-refractivity contribution in [3.8, 4) is 0 Å². The van der Waals surface area contributed by atoms with Crippen LogP contribution in [0.25, 0.3) is 0 Å². The summed E-state index contributed by atoms with van der Waals surface area (Å²) in [7, 11) is 0. The second-order valence-electron chi connectivity index (χ2n) is 14.4. The minimum atomic E-state index is -0.764. The van der Waals surface area contributed by atoms with Crippen molar-refractivity contribution in [2.45, 2.75) is 238 Å². The maximum Gasteiger partial charge on any atom is 0.306 e. The van der Waals surface area contributed by atoms with E-state index < -0.39 is 6.10 Å². The molecule has 0 radical (unpaired) electrons. The van der Waals surface area contributed by atoms with Gasteiger partial charge in [0.25, 0.3) is 0 Å². The van der Waals surface area contributed by atoms with E-state index in [9.17, 15) is 14.7 Å². The monoisotopic (exact) mass is 679 g/mol. The van der Waals surface area contributed by atoms with Crippen LogP contribution in [0, 0.1) is 0 Å². The third kappa shape index (κ3) is 37.5. The van der Waals surface area contributed by atoms with Gasteiger partial charge in [-0.3, -0.25) is 9.59 Å². The maximum absolute atomic E-state index is 12.2. The highest BCUT2D eigenvalue weighted by Crippen LogP contribution is 2.15. The summed E-state index contributed by atoms with van der Waals surface area (Å²) in [5.74, 6) is -0.579. The number of rotatable bonds is 39. The lowest BCUT2D eigenvalue weighted by molar-refractivity contribution is -0.161. The van der Waals surface area contributed by atoms with E-state index in [4.69, 9.17) is 9.47 Å². The van der Waals surface area contributed by atoms with Crippen molar-refractivity contribution in [2.75, 3.05) is 13.2 Å². The fraction of sp³-hybridized carbons (Fsp3) is 0.907. The summed E-state index contributed by atoms with van der Waals surface area (Å²) < 4.78 is 10.6. The van der Waals surface area contributed by atoms with E-state index in [1.807, 2.05) is 0 Å². The van der Waals surface area contributed by atoms with Crippen LogP contribution in [0.2, 0.25) is 0 Å². The molecule has 0 spiro atoms. The van der Waals surface area contributed by atoms with Crippen molar-refractivity contribution in [1.29, 1.82) is 0 Å². The lowest BCUT2D eigenvalue weighted by atomic mass is 10.0. The van der Waals surface area contributed by atoms with Crippen molar-refractivity contribution >= 4 is 11.9 Å². The molecule has 48 heavy (non-hydrogen) atoms. The predicted octanol–water partition coefficient (Wildman–Crippen LogP) is 13.3. The van der Waals surface area contributed by atoms with Crippen LogP contribution in [-0.4, -0.2) is 36.4 Å². The van der Waals surface area contributed by atoms with E-state index in [2.05, 4.69) is 26.0 Å². The van der Waals surface area contributed by atoms with Crippen LogP contribution in [0.15, 0.2) is 12.2 Å². The summed E-state index contributed by atoms with van der Waals surface area (Å²) >= 11 is 0. The van der Waals surface area contributed by atoms with Crippen molar-refractivity contribution < 1.29 is 24.2 Å². The average Bonchev–Trinajstić information content (AvgIpc) is 3.09. The van der Waals surface area contributed by atoms with Crippen molar-refractivity contribution in [1.82, 2.24) is 0 Å². The number of hydrogen-bond donors (Lipinski definition) is 1. The Bertz CT molecular complexity index is 691. The maximum atomic E-state index is 12.2. The van der Waals surface area contributed by atoms with Gasteiger partial charge in [-0.15, -0.1) is 0 Å². The minimum Gasteiger partial charge on any atom is -0.462 e. The number of ether oxygens (including phenoxy) is 2. The Morgan fingerprint density at radius 2 is 0.771 bits per heavy atom. The van der Waals surface area contributed by atoms with Gasteiger partial charge in [-0.1, -0.05) is 193 Å². The van der Waals surface area contributed by atoms with Gasteiger partial charge in [0.05, 0.1) is 6.61 Å². The average molecular weight is 679 g/mol. The summed E-state index contributed by atoms with van der Waals surface area (Å²) in [5.41, 5.74) is 0. The smallest absolute Gasteiger partial charge is 0.306 e. The second kappa shape index (κ2) is 40.1. The van der Waals surface area contributed by atoms with Gasteiger partial charge in [-0.25, -0.2) is 0 Å². The normalized spacial score (nSPS) is 12.1. The summed E-state index contributed by atoms with van der Waals surface area (Å²) in [4.78, 5) is 24.3. The SMILES string of the molecule is CCCCCCCCC=CCCCCCCCCCCCCCC(=O)O[C@@H](CO)COC(=O)CCCCCCCCCCCCCCC. The Balaban J connectivity index is 3.48. The lowest BCUT2D eigenvalue weighted by Crippen LogP contribution is -2.28. The van der Waals surface area contributed by atoms with E-state index in [1.54, 1.807) is 0 Å². The van der Waals surface area contributed by atoms with E-state index in [0.29, 0.717) is 12.8 Å². The molecule has 0 aromatic carbocycles. The summed E-state index contributed by atoms with van der Waals surface area (Å²) in [6, 6.07) is 0. The van der Waals surface area contributed by atoms with Crippen LogP contribution < -0.4 is 0 Å². The standard InChI is InChI=1S/C43H82O5/c1-3-5-7-9-11-13-15-17-18-19-20-21-22-23-24-26-28-30-32-34-36-38-43(46)48-41(39-44)40-47-42(45)37-35-33-31-29-27-25-16-14-12-10-8-6-4-2/h17-18,41,44H,3-16,19-40H2,1-2H3/t41-/m0/s1. The van der Waals surface area contributed by atoms with Gasteiger partial charge in [0.15, 0.2) is 6.10 Å². The molecule has 0 saturated carbocycles. The third-order valence-corrected chi connectivity index (χ3v) is 9.56. The zero-order chi connectivity index (χ0) is 35.0. The first-order valence-electron chi connectivity index (χ1n) is 21.2. The Morgan fingerprint density at radius 1 is 0.458 bits per heavy atom. The molecular weight excluding hydrogens is 596 g/mol. The minimum absolute atomic E-state index is 0.0596. The fourth-order valence-corrected chi connectivity index (χ4v) is 6.31. The van der Waals surface area contributed by atoms with Crippen molar-refractivity contribution in [3.63, 3.8) is 0 Å². The highest BCUT2D eigenvalue weighted by molar-refractivity contribution is 5.70. The van der Waals surface area contributed by atoms with E-state index in [-0.39, 0.29) is 25.2 Å². The molecule has 0 saturated heterocycles. The van der Waals surface area contributed by atoms with Crippen LogP contribution in [0.3, 0.4) is 0 Å². The number of unbranched alkanes of at least 4 members (excludes halogenated alkanes) is 29. The molecule has 0 aromatic heterocycles. The first kappa shape index (κ1) is 46.6. The number of aliphatic hydroxyl groups is 1. The third-order valence-electron chi connectivity index (χ3n) is 9.56. The van der Waals surface area contributed by atoms with Gasteiger partial charge in [-0.05, 0) is 38.5 Å². The molecule has 5 nitrogen and oxygen atoms in total. The lowest BCUT2D eigenvalue weighted by Gasteiger charge is -2.15. The Labute approximate surface area is 299 Å². The molecule has 0 fully saturated rings. The van der Waals surface area contributed by atoms with Crippen LogP contribution in [-0.2, 0) is 19.1 Å². The Hall–Kier alpha value is -1.36. The Morgan fingerprint density at radius 3 is 1.12 bits per heavy atom. The molecule has 1 N–H and O–H groups in total. The van der Waals surface area contributed by atoms with E-state index >= 15 is 0 Å². The van der Waals surface area contributed by atoms with Crippen LogP contribution in [0.4, 0.5) is 0 Å². The Kier molecular flexibility index (Phi) is 38.9. The molecule has 0 aliphatic carbocycles. The van der Waals surface area contributed by atoms with E-state index in [1.165, 1.54) is 173 Å². The van der Waals surface area contributed by atoms with Gasteiger partial charge in [0.2, 0.25) is 0 Å². The molecule has 0 bridgehead atoms. The summed E-state index contributed by atoms with van der Waals surface area (Å²) in [5, 5.41) is 9.56. The molecule has 284 valence electrons. The molecule has 1 atom stereocenters. The van der Waals surface area contributed by atoms with Crippen molar-refractivity contribution in [2.24, 2.45) is 0 Å². The zero-order valence-electron chi connectivity index (χ0n) is 32.3. The number of carbonyl (C=O) groups is 2. The zero-order valence-corrected chi connectivity index (χ0v) is 32.3. The van der Waals surface area contributed by atoms with Gasteiger partial charge >= 0.3 is 11.9 Å². The molecular formula is C43H82O5. The molecule has 5 heteroatoms. The van der Waals surface area contributed by atoms with Crippen LogP contribution in [0.1, 0.15) is 232 Å². The van der Waals surface area contributed by atoms with Crippen molar-refractivity contribution in [3.05, 3.63) is 12.2 Å². The highest BCUT2D eigenvalue weighted by Gasteiger charge is 2.16. The van der Waals surface area contributed by atoms with Gasteiger partial charge in [0, 0.05) is 12.8 Å². The van der Waals surface area contributed by atoms with Crippen LogP contribution >= 0.6 is 0 Å². The largest absolute Gasteiger partial charge is 0.462 e. The molecule has 0 aliphatic heterocycles.